The summed E-state index contributed by atoms with van der Waals surface area (Å²) in [6.45, 7) is 5.11. The summed E-state index contributed by atoms with van der Waals surface area (Å²) in [5.41, 5.74) is 1.97. The van der Waals surface area contributed by atoms with Gasteiger partial charge in [0.05, 0.1) is 13.2 Å². The maximum atomic E-state index is 12.1. The number of rotatable bonds is 8. The second-order valence-corrected chi connectivity index (χ2v) is 6.36. The molecule has 0 unspecified atom stereocenters. The Balaban J connectivity index is 1.37. The fourth-order valence-corrected chi connectivity index (χ4v) is 2.88. The van der Waals surface area contributed by atoms with Crippen LogP contribution in [0.2, 0.25) is 0 Å². The molecular formula is C21H26N2O3. The largest absolute Gasteiger partial charge is 0.492 e. The van der Waals surface area contributed by atoms with Gasteiger partial charge in [-0.25, -0.2) is 0 Å². The smallest absolute Gasteiger partial charge is 0.224 e. The van der Waals surface area contributed by atoms with Crippen molar-refractivity contribution in [2.75, 3.05) is 44.8 Å². The van der Waals surface area contributed by atoms with E-state index in [0.717, 1.165) is 50.7 Å². The van der Waals surface area contributed by atoms with Crippen LogP contribution in [0.25, 0.3) is 0 Å². The molecule has 1 aliphatic heterocycles. The highest BCUT2D eigenvalue weighted by molar-refractivity contribution is 5.90. The number of nitrogens with zero attached hydrogens (tertiary/aromatic N) is 1. The second kappa shape index (κ2) is 9.94. The first kappa shape index (κ1) is 18.4. The SMILES string of the molecule is O=C(CCc1ccccc1)Nc1ccc(OCCN2CCOCC2)cc1. The molecule has 0 bridgehead atoms. The normalized spacial score (nSPS) is 14.8. The Morgan fingerprint density at radius 3 is 2.50 bits per heavy atom. The van der Waals surface area contributed by atoms with Gasteiger partial charge in [-0.3, -0.25) is 9.69 Å². The van der Waals surface area contributed by atoms with E-state index in [9.17, 15) is 4.79 Å². The third kappa shape index (κ3) is 6.17. The van der Waals surface area contributed by atoms with Gasteiger partial charge in [0.25, 0.3) is 0 Å². The molecule has 26 heavy (non-hydrogen) atoms. The monoisotopic (exact) mass is 354 g/mol. The fraction of sp³-hybridized carbons (Fsp3) is 0.381. The predicted octanol–water partition coefficient (Wildman–Crippen LogP) is 2.97. The number of anilines is 1. The van der Waals surface area contributed by atoms with Crippen molar-refractivity contribution in [1.29, 1.82) is 0 Å². The Kier molecular flexibility index (Phi) is 7.05. The van der Waals surface area contributed by atoms with Crippen LogP contribution in [0.5, 0.6) is 5.75 Å². The molecule has 138 valence electrons. The lowest BCUT2D eigenvalue weighted by Gasteiger charge is -2.26. The number of carbonyl (C=O) groups excluding carboxylic acids is 1. The van der Waals surface area contributed by atoms with Crippen molar-refractivity contribution in [1.82, 2.24) is 4.90 Å². The number of hydrogen-bond acceptors (Lipinski definition) is 4. The van der Waals surface area contributed by atoms with E-state index in [-0.39, 0.29) is 5.91 Å². The Bertz CT molecular complexity index is 667. The predicted molar refractivity (Wildman–Crippen MR) is 103 cm³/mol. The van der Waals surface area contributed by atoms with E-state index in [4.69, 9.17) is 9.47 Å². The minimum absolute atomic E-state index is 0.0230. The molecule has 3 rings (SSSR count). The van der Waals surface area contributed by atoms with Crippen LogP contribution < -0.4 is 10.1 Å². The van der Waals surface area contributed by atoms with Crippen LogP contribution in [-0.2, 0) is 16.0 Å². The highest BCUT2D eigenvalue weighted by atomic mass is 16.5. The van der Waals surface area contributed by atoms with Gasteiger partial charge in [0, 0.05) is 31.7 Å². The third-order valence-corrected chi connectivity index (χ3v) is 4.40. The lowest BCUT2D eigenvalue weighted by molar-refractivity contribution is -0.116. The molecule has 5 nitrogen and oxygen atoms in total. The van der Waals surface area contributed by atoms with Crippen molar-refractivity contribution in [3.8, 4) is 5.75 Å². The molecule has 0 radical (unpaired) electrons. The van der Waals surface area contributed by atoms with Crippen LogP contribution in [0.15, 0.2) is 54.6 Å². The van der Waals surface area contributed by atoms with E-state index in [0.29, 0.717) is 13.0 Å². The molecule has 1 amide bonds. The summed E-state index contributed by atoms with van der Waals surface area (Å²) in [4.78, 5) is 14.4. The molecular weight excluding hydrogens is 328 g/mol. The summed E-state index contributed by atoms with van der Waals surface area (Å²) in [6, 6.07) is 17.6. The highest BCUT2D eigenvalue weighted by Gasteiger charge is 2.09. The van der Waals surface area contributed by atoms with E-state index >= 15 is 0 Å². The zero-order valence-electron chi connectivity index (χ0n) is 15.0. The molecule has 0 spiro atoms. The van der Waals surface area contributed by atoms with Gasteiger partial charge < -0.3 is 14.8 Å². The van der Waals surface area contributed by atoms with Gasteiger partial charge in [0.15, 0.2) is 0 Å². The van der Waals surface area contributed by atoms with Crippen molar-refractivity contribution >= 4 is 11.6 Å². The van der Waals surface area contributed by atoms with Gasteiger partial charge >= 0.3 is 0 Å². The molecule has 0 aromatic heterocycles. The number of amides is 1. The van der Waals surface area contributed by atoms with Gasteiger partial charge in [0.2, 0.25) is 5.91 Å². The van der Waals surface area contributed by atoms with Gasteiger partial charge in [-0.1, -0.05) is 30.3 Å². The molecule has 1 N–H and O–H groups in total. The highest BCUT2D eigenvalue weighted by Crippen LogP contribution is 2.16. The van der Waals surface area contributed by atoms with E-state index in [1.165, 1.54) is 5.56 Å². The van der Waals surface area contributed by atoms with Crippen molar-refractivity contribution < 1.29 is 14.3 Å². The Hall–Kier alpha value is -2.37. The zero-order chi connectivity index (χ0) is 18.0. The Morgan fingerprint density at radius 2 is 1.77 bits per heavy atom. The summed E-state index contributed by atoms with van der Waals surface area (Å²) in [7, 11) is 0. The van der Waals surface area contributed by atoms with Gasteiger partial charge in [-0.15, -0.1) is 0 Å². The minimum atomic E-state index is 0.0230. The standard InChI is InChI=1S/C21H26N2O3/c24-21(11-6-18-4-2-1-3-5-18)22-19-7-9-20(10-8-19)26-17-14-23-12-15-25-16-13-23/h1-5,7-10H,6,11-17H2,(H,22,24). The summed E-state index contributed by atoms with van der Waals surface area (Å²) < 4.78 is 11.1. The molecule has 0 aliphatic carbocycles. The maximum Gasteiger partial charge on any atom is 0.224 e. The molecule has 1 fully saturated rings. The number of morpholine rings is 1. The quantitative estimate of drug-likeness (QED) is 0.792. The molecule has 2 aromatic carbocycles. The number of carbonyl (C=O) groups is 1. The first-order valence-corrected chi connectivity index (χ1v) is 9.16. The minimum Gasteiger partial charge on any atom is -0.492 e. The van der Waals surface area contributed by atoms with Gasteiger partial charge in [-0.2, -0.15) is 0 Å². The average molecular weight is 354 g/mol. The van der Waals surface area contributed by atoms with Gasteiger partial charge in [-0.05, 0) is 36.2 Å². The van der Waals surface area contributed by atoms with E-state index in [1.807, 2.05) is 54.6 Å². The molecule has 5 heteroatoms. The third-order valence-electron chi connectivity index (χ3n) is 4.40. The number of aryl methyl sites for hydroxylation is 1. The molecule has 1 heterocycles. The summed E-state index contributed by atoms with van der Waals surface area (Å²) >= 11 is 0. The number of hydrogen-bond donors (Lipinski definition) is 1. The molecule has 1 aliphatic rings. The van der Waals surface area contributed by atoms with E-state index < -0.39 is 0 Å². The van der Waals surface area contributed by atoms with Crippen molar-refractivity contribution in [2.24, 2.45) is 0 Å². The van der Waals surface area contributed by atoms with Crippen LogP contribution in [-0.4, -0.2) is 50.3 Å². The number of ether oxygens (including phenoxy) is 2. The molecule has 1 saturated heterocycles. The fourth-order valence-electron chi connectivity index (χ4n) is 2.88. The average Bonchev–Trinajstić information content (AvgIpc) is 2.69. The first-order chi connectivity index (χ1) is 12.8. The van der Waals surface area contributed by atoms with Crippen molar-refractivity contribution in [3.05, 3.63) is 60.2 Å². The summed E-state index contributed by atoms with van der Waals surface area (Å²) in [5.74, 6) is 0.843. The van der Waals surface area contributed by atoms with E-state index in [1.54, 1.807) is 0 Å². The van der Waals surface area contributed by atoms with Crippen LogP contribution in [0, 0.1) is 0 Å². The second-order valence-electron chi connectivity index (χ2n) is 6.36. The molecule has 0 saturated carbocycles. The number of benzene rings is 2. The lowest BCUT2D eigenvalue weighted by atomic mass is 10.1. The Morgan fingerprint density at radius 1 is 1.04 bits per heavy atom. The summed E-state index contributed by atoms with van der Waals surface area (Å²) in [6.07, 6.45) is 1.22. The van der Waals surface area contributed by atoms with Crippen LogP contribution in [0.1, 0.15) is 12.0 Å². The van der Waals surface area contributed by atoms with E-state index in [2.05, 4.69) is 10.2 Å². The zero-order valence-corrected chi connectivity index (χ0v) is 15.0. The molecule has 2 aromatic rings. The topological polar surface area (TPSA) is 50.8 Å². The van der Waals surface area contributed by atoms with Crippen molar-refractivity contribution in [2.45, 2.75) is 12.8 Å². The number of nitrogens with one attached hydrogen (secondary N) is 1. The van der Waals surface area contributed by atoms with Crippen LogP contribution >= 0.6 is 0 Å². The summed E-state index contributed by atoms with van der Waals surface area (Å²) in [5, 5.41) is 2.93. The Labute approximate surface area is 154 Å². The maximum absolute atomic E-state index is 12.1. The van der Waals surface area contributed by atoms with Crippen LogP contribution in [0.4, 0.5) is 5.69 Å². The van der Waals surface area contributed by atoms with Crippen molar-refractivity contribution in [3.63, 3.8) is 0 Å². The lowest BCUT2D eigenvalue weighted by Crippen LogP contribution is -2.38. The first-order valence-electron chi connectivity index (χ1n) is 9.16. The molecule has 0 atom stereocenters. The van der Waals surface area contributed by atoms with Gasteiger partial charge in [0.1, 0.15) is 12.4 Å². The van der Waals surface area contributed by atoms with Crippen LogP contribution in [0.3, 0.4) is 0 Å².